The van der Waals surface area contributed by atoms with Gasteiger partial charge in [-0.1, -0.05) is 0 Å². The van der Waals surface area contributed by atoms with Crippen LogP contribution in [-0.2, 0) is 4.79 Å². The number of carbonyl (C=O) groups excluding carboxylic acids is 1. The topological polar surface area (TPSA) is 35.6 Å². The highest BCUT2D eigenvalue weighted by Crippen LogP contribution is 2.17. The maximum atomic E-state index is 12.9. The van der Waals surface area contributed by atoms with Gasteiger partial charge in [-0.2, -0.15) is 0 Å². The van der Waals surface area contributed by atoms with Crippen molar-refractivity contribution in [3.8, 4) is 0 Å². The van der Waals surface area contributed by atoms with Crippen LogP contribution < -0.4 is 10.2 Å². The number of nitrogens with zero attached hydrogens (tertiary/aromatic N) is 2. The highest BCUT2D eigenvalue weighted by atomic mass is 19.1. The number of amides is 1. The minimum Gasteiger partial charge on any atom is -0.369 e. The Balaban J connectivity index is 1.89. The van der Waals surface area contributed by atoms with Gasteiger partial charge in [-0.3, -0.25) is 9.69 Å². The van der Waals surface area contributed by atoms with E-state index in [1.54, 1.807) is 12.1 Å². The third kappa shape index (κ3) is 3.48. The van der Waals surface area contributed by atoms with E-state index in [0.717, 1.165) is 31.9 Å². The summed E-state index contributed by atoms with van der Waals surface area (Å²) in [6, 6.07) is 6.49. The molecule has 1 unspecified atom stereocenters. The van der Waals surface area contributed by atoms with E-state index in [-0.39, 0.29) is 17.8 Å². The lowest BCUT2D eigenvalue weighted by atomic mass is 10.2. The van der Waals surface area contributed by atoms with Crippen molar-refractivity contribution in [2.75, 3.05) is 37.6 Å². The summed E-state index contributed by atoms with van der Waals surface area (Å²) in [6.45, 7) is 7.93. The van der Waals surface area contributed by atoms with Crippen LogP contribution in [0.4, 0.5) is 10.1 Å². The van der Waals surface area contributed by atoms with Crippen LogP contribution in [0.3, 0.4) is 0 Å². The largest absolute Gasteiger partial charge is 0.369 e. The Bertz CT molecular complexity index is 441. The highest BCUT2D eigenvalue weighted by Gasteiger charge is 2.25. The SMILES string of the molecule is CCNC(=O)C(C)N1CCN(c2ccc(F)cc2)CC1. The lowest BCUT2D eigenvalue weighted by Crippen LogP contribution is -2.54. The van der Waals surface area contributed by atoms with Gasteiger partial charge < -0.3 is 10.2 Å². The van der Waals surface area contributed by atoms with E-state index in [0.29, 0.717) is 6.54 Å². The van der Waals surface area contributed by atoms with Gasteiger partial charge in [-0.05, 0) is 38.1 Å². The van der Waals surface area contributed by atoms with E-state index < -0.39 is 0 Å². The number of hydrogen-bond acceptors (Lipinski definition) is 3. The van der Waals surface area contributed by atoms with Crippen molar-refractivity contribution < 1.29 is 9.18 Å². The Morgan fingerprint density at radius 2 is 1.85 bits per heavy atom. The summed E-state index contributed by atoms with van der Waals surface area (Å²) in [5, 5.41) is 2.86. The first-order valence-electron chi connectivity index (χ1n) is 7.14. The Hall–Kier alpha value is -1.62. The van der Waals surface area contributed by atoms with Gasteiger partial charge in [0.05, 0.1) is 6.04 Å². The first-order chi connectivity index (χ1) is 9.61. The summed E-state index contributed by atoms with van der Waals surface area (Å²) in [5.74, 6) is -0.125. The molecular formula is C15H22FN3O. The Labute approximate surface area is 119 Å². The first-order valence-corrected chi connectivity index (χ1v) is 7.14. The second kappa shape index (κ2) is 6.70. The van der Waals surface area contributed by atoms with E-state index in [1.165, 1.54) is 12.1 Å². The molecule has 20 heavy (non-hydrogen) atoms. The normalized spacial score (nSPS) is 17.9. The summed E-state index contributed by atoms with van der Waals surface area (Å²) in [7, 11) is 0. The molecule has 1 amide bonds. The van der Waals surface area contributed by atoms with Gasteiger partial charge in [0, 0.05) is 38.4 Å². The maximum Gasteiger partial charge on any atom is 0.237 e. The molecular weight excluding hydrogens is 257 g/mol. The van der Waals surface area contributed by atoms with Crippen molar-refractivity contribution in [1.82, 2.24) is 10.2 Å². The summed E-state index contributed by atoms with van der Waals surface area (Å²) < 4.78 is 12.9. The number of hydrogen-bond donors (Lipinski definition) is 1. The highest BCUT2D eigenvalue weighted by molar-refractivity contribution is 5.81. The number of nitrogens with one attached hydrogen (secondary N) is 1. The predicted molar refractivity (Wildman–Crippen MR) is 78.3 cm³/mol. The molecule has 1 fully saturated rings. The number of anilines is 1. The zero-order chi connectivity index (χ0) is 14.5. The summed E-state index contributed by atoms with van der Waals surface area (Å²) >= 11 is 0. The third-order valence-electron chi connectivity index (χ3n) is 3.78. The smallest absolute Gasteiger partial charge is 0.237 e. The molecule has 0 radical (unpaired) electrons. The van der Waals surface area contributed by atoms with Crippen LogP contribution in [0.15, 0.2) is 24.3 Å². The van der Waals surface area contributed by atoms with Crippen molar-refractivity contribution in [2.24, 2.45) is 0 Å². The average molecular weight is 279 g/mol. The van der Waals surface area contributed by atoms with E-state index in [9.17, 15) is 9.18 Å². The monoisotopic (exact) mass is 279 g/mol. The van der Waals surface area contributed by atoms with Gasteiger partial charge in [0.15, 0.2) is 0 Å². The molecule has 1 heterocycles. The van der Waals surface area contributed by atoms with Gasteiger partial charge in [-0.25, -0.2) is 4.39 Å². The molecule has 1 aliphatic heterocycles. The fourth-order valence-electron chi connectivity index (χ4n) is 2.51. The van der Waals surface area contributed by atoms with E-state index in [4.69, 9.17) is 0 Å². The molecule has 1 aromatic carbocycles. The quantitative estimate of drug-likeness (QED) is 0.906. The molecule has 5 heteroatoms. The van der Waals surface area contributed by atoms with Gasteiger partial charge in [0.25, 0.3) is 0 Å². The van der Waals surface area contributed by atoms with Gasteiger partial charge in [-0.15, -0.1) is 0 Å². The van der Waals surface area contributed by atoms with Crippen LogP contribution in [-0.4, -0.2) is 49.6 Å². The van der Waals surface area contributed by atoms with Crippen LogP contribution in [0.2, 0.25) is 0 Å². The predicted octanol–water partition coefficient (Wildman–Crippen LogP) is 1.47. The van der Waals surface area contributed by atoms with Gasteiger partial charge in [0.1, 0.15) is 5.82 Å². The average Bonchev–Trinajstić information content (AvgIpc) is 2.48. The summed E-state index contributed by atoms with van der Waals surface area (Å²) in [5.41, 5.74) is 1.04. The third-order valence-corrected chi connectivity index (χ3v) is 3.78. The van der Waals surface area contributed by atoms with E-state index >= 15 is 0 Å². The Kier molecular flexibility index (Phi) is 4.95. The standard InChI is InChI=1S/C15H22FN3O/c1-3-17-15(20)12(2)18-8-10-19(11-9-18)14-6-4-13(16)5-7-14/h4-7,12H,3,8-11H2,1-2H3,(H,17,20). The van der Waals surface area contributed by atoms with Crippen LogP contribution in [0.25, 0.3) is 0 Å². The van der Waals surface area contributed by atoms with Crippen molar-refractivity contribution in [2.45, 2.75) is 19.9 Å². The number of likely N-dealkylation sites (N-methyl/N-ethyl adjacent to an activating group) is 1. The number of halogens is 1. The van der Waals surface area contributed by atoms with Crippen LogP contribution in [0, 0.1) is 5.82 Å². The number of rotatable bonds is 4. The molecule has 0 aromatic heterocycles. The molecule has 0 aliphatic carbocycles. The summed E-state index contributed by atoms with van der Waals surface area (Å²) in [4.78, 5) is 16.2. The number of benzene rings is 1. The zero-order valence-electron chi connectivity index (χ0n) is 12.1. The molecule has 1 saturated heterocycles. The van der Waals surface area contributed by atoms with E-state index in [2.05, 4.69) is 15.1 Å². The summed E-state index contributed by atoms with van der Waals surface area (Å²) in [6.07, 6.45) is 0. The van der Waals surface area contributed by atoms with E-state index in [1.807, 2.05) is 13.8 Å². The first kappa shape index (κ1) is 14.8. The lowest BCUT2D eigenvalue weighted by Gasteiger charge is -2.38. The second-order valence-corrected chi connectivity index (χ2v) is 5.07. The molecule has 1 aromatic rings. The Morgan fingerprint density at radius 1 is 1.25 bits per heavy atom. The van der Waals surface area contributed by atoms with Crippen LogP contribution in [0.1, 0.15) is 13.8 Å². The molecule has 0 spiro atoms. The number of piperazine rings is 1. The molecule has 4 nitrogen and oxygen atoms in total. The van der Waals surface area contributed by atoms with Crippen molar-refractivity contribution in [1.29, 1.82) is 0 Å². The van der Waals surface area contributed by atoms with Crippen molar-refractivity contribution >= 4 is 11.6 Å². The maximum absolute atomic E-state index is 12.9. The van der Waals surface area contributed by atoms with Gasteiger partial charge >= 0.3 is 0 Å². The van der Waals surface area contributed by atoms with Crippen LogP contribution in [0.5, 0.6) is 0 Å². The Morgan fingerprint density at radius 3 is 2.40 bits per heavy atom. The molecule has 0 bridgehead atoms. The molecule has 1 aliphatic rings. The molecule has 0 saturated carbocycles. The number of carbonyl (C=O) groups is 1. The molecule has 110 valence electrons. The molecule has 1 N–H and O–H groups in total. The van der Waals surface area contributed by atoms with Crippen molar-refractivity contribution in [3.05, 3.63) is 30.1 Å². The van der Waals surface area contributed by atoms with Crippen molar-refractivity contribution in [3.63, 3.8) is 0 Å². The fraction of sp³-hybridized carbons (Fsp3) is 0.533. The minimum absolute atomic E-state index is 0.0859. The van der Waals surface area contributed by atoms with Crippen LogP contribution >= 0.6 is 0 Å². The minimum atomic E-state index is -0.211. The fourth-order valence-corrected chi connectivity index (χ4v) is 2.51. The zero-order valence-corrected chi connectivity index (χ0v) is 12.1. The lowest BCUT2D eigenvalue weighted by molar-refractivity contribution is -0.125. The molecule has 2 rings (SSSR count). The molecule has 1 atom stereocenters. The van der Waals surface area contributed by atoms with Gasteiger partial charge in [0.2, 0.25) is 5.91 Å². The second-order valence-electron chi connectivity index (χ2n) is 5.07.